The molecule has 0 heterocycles. The standard InChI is InChI=1S/C13H14O3/c1-2-8-5-9-3-4-10(7-11(9)6-8)12(14)13(15)16/h3-4,7-8H,2,5-6H2,1H3,(H,15,16)/t8-/m1/s1. The molecule has 1 aliphatic carbocycles. The van der Waals surface area contributed by atoms with E-state index in [4.69, 9.17) is 5.11 Å². The fourth-order valence-electron chi connectivity index (χ4n) is 2.26. The van der Waals surface area contributed by atoms with Gasteiger partial charge in [0.25, 0.3) is 5.78 Å². The van der Waals surface area contributed by atoms with Gasteiger partial charge in [-0.05, 0) is 36.0 Å². The lowest BCUT2D eigenvalue weighted by atomic mass is 10.0. The second-order valence-electron chi connectivity index (χ2n) is 4.30. The summed E-state index contributed by atoms with van der Waals surface area (Å²) in [6.07, 6.45) is 3.14. The fraction of sp³-hybridized carbons (Fsp3) is 0.385. The zero-order chi connectivity index (χ0) is 11.7. The number of carbonyl (C=O) groups excluding carboxylic acids is 1. The van der Waals surface area contributed by atoms with Crippen molar-refractivity contribution in [2.45, 2.75) is 26.2 Å². The Balaban J connectivity index is 2.29. The molecule has 0 fully saturated rings. The number of ketones is 1. The van der Waals surface area contributed by atoms with E-state index in [1.165, 1.54) is 5.56 Å². The monoisotopic (exact) mass is 218 g/mol. The van der Waals surface area contributed by atoms with E-state index in [2.05, 4.69) is 6.92 Å². The highest BCUT2D eigenvalue weighted by Gasteiger charge is 2.22. The van der Waals surface area contributed by atoms with E-state index in [-0.39, 0.29) is 0 Å². The molecule has 0 aromatic heterocycles. The lowest BCUT2D eigenvalue weighted by Crippen LogP contribution is -2.12. The molecule has 1 aromatic carbocycles. The summed E-state index contributed by atoms with van der Waals surface area (Å²) >= 11 is 0. The Morgan fingerprint density at radius 3 is 2.62 bits per heavy atom. The maximum atomic E-state index is 11.3. The number of carbonyl (C=O) groups is 2. The van der Waals surface area contributed by atoms with Crippen LogP contribution >= 0.6 is 0 Å². The highest BCUT2D eigenvalue weighted by Crippen LogP contribution is 2.29. The van der Waals surface area contributed by atoms with Crippen molar-refractivity contribution >= 4 is 11.8 Å². The molecule has 16 heavy (non-hydrogen) atoms. The van der Waals surface area contributed by atoms with E-state index in [9.17, 15) is 9.59 Å². The first-order valence-electron chi connectivity index (χ1n) is 5.51. The molecule has 0 spiro atoms. The van der Waals surface area contributed by atoms with Crippen molar-refractivity contribution in [2.24, 2.45) is 5.92 Å². The third-order valence-corrected chi connectivity index (χ3v) is 3.26. The molecule has 1 aliphatic rings. The summed E-state index contributed by atoms with van der Waals surface area (Å²) in [6.45, 7) is 2.15. The summed E-state index contributed by atoms with van der Waals surface area (Å²) in [5, 5.41) is 8.63. The van der Waals surface area contributed by atoms with Crippen LogP contribution < -0.4 is 0 Å². The molecule has 3 heteroatoms. The molecule has 1 N–H and O–H groups in total. The summed E-state index contributed by atoms with van der Waals surface area (Å²) in [4.78, 5) is 21.9. The molecule has 2 rings (SSSR count). The van der Waals surface area contributed by atoms with Crippen LogP contribution in [0.3, 0.4) is 0 Å². The van der Waals surface area contributed by atoms with Gasteiger partial charge < -0.3 is 5.11 Å². The first-order valence-corrected chi connectivity index (χ1v) is 5.51. The van der Waals surface area contributed by atoms with Gasteiger partial charge in [0.2, 0.25) is 0 Å². The molecular formula is C13H14O3. The molecule has 0 aliphatic heterocycles. The van der Waals surface area contributed by atoms with Gasteiger partial charge in [0.1, 0.15) is 0 Å². The van der Waals surface area contributed by atoms with Gasteiger partial charge in [0.05, 0.1) is 0 Å². The quantitative estimate of drug-likeness (QED) is 0.624. The molecule has 0 bridgehead atoms. The lowest BCUT2D eigenvalue weighted by molar-refractivity contribution is -0.131. The number of hydrogen-bond donors (Lipinski definition) is 1. The van der Waals surface area contributed by atoms with Crippen LogP contribution in [0.4, 0.5) is 0 Å². The van der Waals surface area contributed by atoms with Gasteiger partial charge in [-0.15, -0.1) is 0 Å². The van der Waals surface area contributed by atoms with Crippen molar-refractivity contribution in [2.75, 3.05) is 0 Å². The summed E-state index contributed by atoms with van der Waals surface area (Å²) in [5.41, 5.74) is 2.69. The van der Waals surface area contributed by atoms with Crippen LogP contribution in [0.1, 0.15) is 34.8 Å². The average molecular weight is 218 g/mol. The maximum absolute atomic E-state index is 11.3. The van der Waals surface area contributed by atoms with Gasteiger partial charge in [-0.2, -0.15) is 0 Å². The average Bonchev–Trinajstić information content (AvgIpc) is 2.69. The predicted octanol–water partition coefficient (Wildman–Crippen LogP) is 2.08. The number of hydrogen-bond acceptors (Lipinski definition) is 2. The molecule has 0 saturated heterocycles. The van der Waals surface area contributed by atoms with E-state index in [1.54, 1.807) is 12.1 Å². The number of aliphatic carboxylic acids is 1. The highest BCUT2D eigenvalue weighted by atomic mass is 16.4. The number of carboxylic acid groups (broad SMARTS) is 1. The maximum Gasteiger partial charge on any atom is 0.377 e. The number of benzene rings is 1. The molecule has 0 saturated carbocycles. The van der Waals surface area contributed by atoms with E-state index < -0.39 is 11.8 Å². The van der Waals surface area contributed by atoms with Crippen molar-refractivity contribution in [3.8, 4) is 0 Å². The second-order valence-corrected chi connectivity index (χ2v) is 4.30. The molecule has 0 unspecified atom stereocenters. The highest BCUT2D eigenvalue weighted by molar-refractivity contribution is 6.39. The summed E-state index contributed by atoms with van der Waals surface area (Å²) in [6, 6.07) is 5.25. The largest absolute Gasteiger partial charge is 0.475 e. The summed E-state index contributed by atoms with van der Waals surface area (Å²) in [5.74, 6) is -1.56. The van der Waals surface area contributed by atoms with Crippen LogP contribution in [0.2, 0.25) is 0 Å². The van der Waals surface area contributed by atoms with Crippen LogP contribution in [0.5, 0.6) is 0 Å². The summed E-state index contributed by atoms with van der Waals surface area (Å²) < 4.78 is 0. The molecule has 1 atom stereocenters. The Bertz CT molecular complexity index is 448. The number of carboxylic acids is 1. The van der Waals surface area contributed by atoms with E-state index in [1.807, 2.05) is 6.07 Å². The molecule has 0 radical (unpaired) electrons. The zero-order valence-corrected chi connectivity index (χ0v) is 9.19. The first kappa shape index (κ1) is 10.9. The van der Waals surface area contributed by atoms with Gasteiger partial charge >= 0.3 is 5.97 Å². The Kier molecular flexibility index (Phi) is 2.77. The third-order valence-electron chi connectivity index (χ3n) is 3.26. The molecule has 84 valence electrons. The second kappa shape index (κ2) is 4.08. The number of Topliss-reactive ketones (excluding diaryl/α,β-unsaturated/α-hetero) is 1. The van der Waals surface area contributed by atoms with Crippen LogP contribution in [0.25, 0.3) is 0 Å². The Morgan fingerprint density at radius 2 is 2.00 bits per heavy atom. The smallest absolute Gasteiger partial charge is 0.377 e. The van der Waals surface area contributed by atoms with Gasteiger partial charge in [-0.1, -0.05) is 25.5 Å². The van der Waals surface area contributed by atoms with Crippen molar-refractivity contribution in [3.05, 3.63) is 34.9 Å². The minimum absolute atomic E-state index is 0.294. The van der Waals surface area contributed by atoms with E-state index in [0.29, 0.717) is 11.5 Å². The Hall–Kier alpha value is -1.64. The summed E-state index contributed by atoms with van der Waals surface area (Å²) in [7, 11) is 0. The SMILES string of the molecule is CC[C@@H]1Cc2ccc(C(=O)C(=O)O)cc2C1. The third kappa shape index (κ3) is 1.85. The Morgan fingerprint density at radius 1 is 1.31 bits per heavy atom. The first-order chi connectivity index (χ1) is 7.61. The van der Waals surface area contributed by atoms with Crippen molar-refractivity contribution < 1.29 is 14.7 Å². The molecule has 0 amide bonds. The predicted molar refractivity (Wildman–Crippen MR) is 59.6 cm³/mol. The van der Waals surface area contributed by atoms with Crippen LogP contribution in [0, 0.1) is 5.92 Å². The minimum atomic E-state index is -1.38. The van der Waals surface area contributed by atoms with E-state index >= 15 is 0 Å². The van der Waals surface area contributed by atoms with Crippen LogP contribution in [0.15, 0.2) is 18.2 Å². The number of rotatable bonds is 3. The van der Waals surface area contributed by atoms with Crippen LogP contribution in [-0.4, -0.2) is 16.9 Å². The molecule has 3 nitrogen and oxygen atoms in total. The normalized spacial score (nSPS) is 18.2. The van der Waals surface area contributed by atoms with Crippen molar-refractivity contribution in [1.82, 2.24) is 0 Å². The van der Waals surface area contributed by atoms with Crippen LogP contribution in [-0.2, 0) is 17.6 Å². The van der Waals surface area contributed by atoms with E-state index in [0.717, 1.165) is 24.8 Å². The minimum Gasteiger partial charge on any atom is -0.475 e. The van der Waals surface area contributed by atoms with Gasteiger partial charge in [0.15, 0.2) is 0 Å². The lowest BCUT2D eigenvalue weighted by Gasteiger charge is -2.01. The number of fused-ring (bicyclic) bond motifs is 1. The van der Waals surface area contributed by atoms with Gasteiger partial charge in [-0.3, -0.25) is 4.79 Å². The van der Waals surface area contributed by atoms with Crippen molar-refractivity contribution in [3.63, 3.8) is 0 Å². The zero-order valence-electron chi connectivity index (χ0n) is 9.19. The topological polar surface area (TPSA) is 54.4 Å². The molecular weight excluding hydrogens is 204 g/mol. The Labute approximate surface area is 94.1 Å². The van der Waals surface area contributed by atoms with Crippen molar-refractivity contribution in [1.29, 1.82) is 0 Å². The van der Waals surface area contributed by atoms with Gasteiger partial charge in [-0.25, -0.2) is 4.79 Å². The fourth-order valence-corrected chi connectivity index (χ4v) is 2.26. The molecule has 1 aromatic rings. The van der Waals surface area contributed by atoms with Gasteiger partial charge in [0, 0.05) is 5.56 Å².